The van der Waals surface area contributed by atoms with Crippen LogP contribution in [-0.2, 0) is 13.0 Å². The van der Waals surface area contributed by atoms with Crippen LogP contribution in [0.4, 0.5) is 5.69 Å². The molecular weight excluding hydrogens is 286 g/mol. The third-order valence-electron chi connectivity index (χ3n) is 4.44. The van der Waals surface area contributed by atoms with Gasteiger partial charge in [-0.1, -0.05) is 24.3 Å². The molecule has 0 radical (unpaired) electrons. The largest absolute Gasteiger partial charge is 0.351 e. The van der Waals surface area contributed by atoms with Crippen LogP contribution < -0.4 is 5.32 Å². The van der Waals surface area contributed by atoms with Gasteiger partial charge in [0.1, 0.15) is 5.69 Å². The second kappa shape index (κ2) is 5.56. The van der Waals surface area contributed by atoms with Gasteiger partial charge in [0, 0.05) is 29.7 Å². The molecule has 0 aliphatic carbocycles. The molecule has 0 spiro atoms. The average Bonchev–Trinajstić information content (AvgIpc) is 2.98. The van der Waals surface area contributed by atoms with Crippen LogP contribution in [0.3, 0.4) is 0 Å². The average molecular weight is 305 g/mol. The summed E-state index contributed by atoms with van der Waals surface area (Å²) in [5.74, 6) is -0.106. The number of benzene rings is 2. The molecule has 1 amide bonds. The fourth-order valence-electron chi connectivity index (χ4n) is 3.17. The first-order chi connectivity index (χ1) is 11.2. The Hall–Kier alpha value is -2.59. The fourth-order valence-corrected chi connectivity index (χ4v) is 3.17. The number of carbonyl (C=O) groups is 1. The summed E-state index contributed by atoms with van der Waals surface area (Å²) in [4.78, 5) is 17.9. The molecule has 4 heteroatoms. The standard InChI is InChI=1S/C19H19N3O/c1-22-9-8-13-6-7-16(10-15(13)12-22)20-19(23)18-11-14-4-2-3-5-17(14)21-18/h2-7,10-11,21H,8-9,12H2,1H3,(H,20,23). The van der Waals surface area contributed by atoms with E-state index < -0.39 is 0 Å². The molecule has 4 rings (SSSR count). The number of H-pyrrole nitrogens is 1. The number of amides is 1. The van der Waals surface area contributed by atoms with E-state index in [1.165, 1.54) is 11.1 Å². The van der Waals surface area contributed by atoms with Gasteiger partial charge in [0.2, 0.25) is 0 Å². The van der Waals surface area contributed by atoms with Crippen molar-refractivity contribution in [2.24, 2.45) is 0 Å². The van der Waals surface area contributed by atoms with E-state index in [1.54, 1.807) is 0 Å². The third-order valence-corrected chi connectivity index (χ3v) is 4.44. The van der Waals surface area contributed by atoms with Crippen molar-refractivity contribution in [3.63, 3.8) is 0 Å². The van der Waals surface area contributed by atoms with E-state index in [0.717, 1.165) is 36.1 Å². The maximum Gasteiger partial charge on any atom is 0.272 e. The Labute approximate surface area is 135 Å². The normalized spacial score (nSPS) is 14.7. The first kappa shape index (κ1) is 14.0. The lowest BCUT2D eigenvalue weighted by Crippen LogP contribution is -2.26. The molecule has 0 saturated heterocycles. The van der Waals surface area contributed by atoms with Crippen LogP contribution in [0.15, 0.2) is 48.5 Å². The van der Waals surface area contributed by atoms with E-state index in [4.69, 9.17) is 0 Å². The predicted molar refractivity (Wildman–Crippen MR) is 92.7 cm³/mol. The first-order valence-electron chi connectivity index (χ1n) is 7.88. The highest BCUT2D eigenvalue weighted by Gasteiger charge is 2.15. The van der Waals surface area contributed by atoms with Crippen molar-refractivity contribution in [3.8, 4) is 0 Å². The monoisotopic (exact) mass is 305 g/mol. The number of para-hydroxylation sites is 1. The quantitative estimate of drug-likeness (QED) is 0.762. The molecule has 2 aromatic carbocycles. The van der Waals surface area contributed by atoms with Gasteiger partial charge >= 0.3 is 0 Å². The number of likely N-dealkylation sites (N-methyl/N-ethyl adjacent to an activating group) is 1. The minimum Gasteiger partial charge on any atom is -0.351 e. The van der Waals surface area contributed by atoms with Crippen molar-refractivity contribution in [1.82, 2.24) is 9.88 Å². The predicted octanol–water partition coefficient (Wildman–Crippen LogP) is 3.41. The topological polar surface area (TPSA) is 48.1 Å². The number of carbonyl (C=O) groups excluding carboxylic acids is 1. The van der Waals surface area contributed by atoms with Crippen LogP contribution in [0, 0.1) is 0 Å². The first-order valence-corrected chi connectivity index (χ1v) is 7.88. The van der Waals surface area contributed by atoms with Gasteiger partial charge in [-0.3, -0.25) is 4.79 Å². The molecule has 4 nitrogen and oxygen atoms in total. The molecule has 1 aliphatic heterocycles. The van der Waals surface area contributed by atoms with E-state index in [0.29, 0.717) is 5.69 Å². The van der Waals surface area contributed by atoms with Gasteiger partial charge in [0.15, 0.2) is 0 Å². The molecule has 2 heterocycles. The number of rotatable bonds is 2. The number of aromatic nitrogens is 1. The highest BCUT2D eigenvalue weighted by Crippen LogP contribution is 2.22. The molecule has 0 atom stereocenters. The van der Waals surface area contributed by atoms with Crippen LogP contribution in [-0.4, -0.2) is 29.4 Å². The molecule has 2 N–H and O–H groups in total. The molecular formula is C19H19N3O. The van der Waals surface area contributed by atoms with Gasteiger partial charge in [-0.25, -0.2) is 0 Å². The lowest BCUT2D eigenvalue weighted by Gasteiger charge is -2.25. The van der Waals surface area contributed by atoms with Gasteiger partial charge in [-0.05, 0) is 48.9 Å². The number of aromatic amines is 1. The number of anilines is 1. The van der Waals surface area contributed by atoms with Crippen molar-refractivity contribution < 1.29 is 4.79 Å². The van der Waals surface area contributed by atoms with Crippen LogP contribution in [0.1, 0.15) is 21.6 Å². The van der Waals surface area contributed by atoms with Crippen LogP contribution in [0.2, 0.25) is 0 Å². The fraction of sp³-hybridized carbons (Fsp3) is 0.211. The second-order valence-corrected chi connectivity index (χ2v) is 6.20. The Bertz CT molecular complexity index is 848. The number of nitrogens with zero attached hydrogens (tertiary/aromatic N) is 1. The lowest BCUT2D eigenvalue weighted by atomic mass is 9.99. The summed E-state index contributed by atoms with van der Waals surface area (Å²) in [5, 5.41) is 4.04. The molecule has 23 heavy (non-hydrogen) atoms. The summed E-state index contributed by atoms with van der Waals surface area (Å²) in [6.07, 6.45) is 1.07. The highest BCUT2D eigenvalue weighted by molar-refractivity contribution is 6.05. The Morgan fingerprint density at radius 3 is 2.87 bits per heavy atom. The van der Waals surface area contributed by atoms with Gasteiger partial charge < -0.3 is 15.2 Å². The Morgan fingerprint density at radius 2 is 2.00 bits per heavy atom. The SMILES string of the molecule is CN1CCc2ccc(NC(=O)c3cc4ccccc4[nH]3)cc2C1. The zero-order valence-corrected chi connectivity index (χ0v) is 13.1. The zero-order valence-electron chi connectivity index (χ0n) is 13.1. The van der Waals surface area contributed by atoms with Crippen molar-refractivity contribution in [1.29, 1.82) is 0 Å². The van der Waals surface area contributed by atoms with Crippen LogP contribution in [0.25, 0.3) is 10.9 Å². The molecule has 0 saturated carbocycles. The maximum atomic E-state index is 12.5. The number of nitrogens with one attached hydrogen (secondary N) is 2. The van der Waals surface area contributed by atoms with Gasteiger partial charge in [0.05, 0.1) is 0 Å². The number of hydrogen-bond acceptors (Lipinski definition) is 2. The minimum absolute atomic E-state index is 0.106. The maximum absolute atomic E-state index is 12.5. The Morgan fingerprint density at radius 1 is 1.13 bits per heavy atom. The lowest BCUT2D eigenvalue weighted by molar-refractivity contribution is 0.102. The molecule has 0 bridgehead atoms. The van der Waals surface area contributed by atoms with Gasteiger partial charge in [-0.2, -0.15) is 0 Å². The van der Waals surface area contributed by atoms with E-state index in [-0.39, 0.29) is 5.91 Å². The molecule has 3 aromatic rings. The van der Waals surface area contributed by atoms with Crippen molar-refractivity contribution in [3.05, 3.63) is 65.4 Å². The summed E-state index contributed by atoms with van der Waals surface area (Å²) in [6.45, 7) is 2.03. The number of hydrogen-bond donors (Lipinski definition) is 2. The van der Waals surface area contributed by atoms with Crippen molar-refractivity contribution in [2.45, 2.75) is 13.0 Å². The minimum atomic E-state index is -0.106. The molecule has 116 valence electrons. The smallest absolute Gasteiger partial charge is 0.272 e. The molecule has 0 unspecified atom stereocenters. The van der Waals surface area contributed by atoms with Crippen LogP contribution in [0.5, 0.6) is 0 Å². The molecule has 0 fully saturated rings. The van der Waals surface area contributed by atoms with Crippen LogP contribution >= 0.6 is 0 Å². The molecule has 1 aromatic heterocycles. The summed E-state index contributed by atoms with van der Waals surface area (Å²) < 4.78 is 0. The van der Waals surface area contributed by atoms with Crippen molar-refractivity contribution in [2.75, 3.05) is 18.9 Å². The summed E-state index contributed by atoms with van der Waals surface area (Å²) >= 11 is 0. The van der Waals surface area contributed by atoms with E-state index >= 15 is 0 Å². The van der Waals surface area contributed by atoms with Crippen molar-refractivity contribution >= 4 is 22.5 Å². The Kier molecular flexibility index (Phi) is 3.39. The second-order valence-electron chi connectivity index (χ2n) is 6.20. The highest BCUT2D eigenvalue weighted by atomic mass is 16.1. The van der Waals surface area contributed by atoms with E-state index in [1.807, 2.05) is 36.4 Å². The third kappa shape index (κ3) is 2.73. The number of fused-ring (bicyclic) bond motifs is 2. The van der Waals surface area contributed by atoms with E-state index in [9.17, 15) is 4.79 Å². The Balaban J connectivity index is 1.57. The zero-order chi connectivity index (χ0) is 15.8. The summed E-state index contributed by atoms with van der Waals surface area (Å²) in [7, 11) is 2.12. The van der Waals surface area contributed by atoms with Gasteiger partial charge in [-0.15, -0.1) is 0 Å². The summed E-state index contributed by atoms with van der Waals surface area (Å²) in [6, 6.07) is 16.0. The van der Waals surface area contributed by atoms with E-state index in [2.05, 4.69) is 34.4 Å². The van der Waals surface area contributed by atoms with Gasteiger partial charge in [0.25, 0.3) is 5.91 Å². The molecule has 1 aliphatic rings. The summed E-state index contributed by atoms with van der Waals surface area (Å²) in [5.41, 5.74) is 5.09.